The topological polar surface area (TPSA) is 59.5 Å². The number of benzene rings is 1. The monoisotopic (exact) mass is 386 g/mol. The summed E-state index contributed by atoms with van der Waals surface area (Å²) in [7, 11) is -1.20. The van der Waals surface area contributed by atoms with Crippen molar-refractivity contribution in [3.05, 3.63) is 42.6 Å². The van der Waals surface area contributed by atoms with E-state index in [4.69, 9.17) is 4.74 Å². The van der Waals surface area contributed by atoms with Gasteiger partial charge in [0.25, 0.3) is 0 Å². The highest BCUT2D eigenvalue weighted by molar-refractivity contribution is 7.92. The SMILES string of the molecule is CN(c1cc(-c2ccc(S(=O)(=O)C3CCCCC3)cc2)ccn1)C1COC1. The van der Waals surface area contributed by atoms with E-state index in [0.29, 0.717) is 10.9 Å². The third-order valence-electron chi connectivity index (χ3n) is 5.78. The normalized spacial score (nSPS) is 18.9. The molecule has 0 spiro atoms. The van der Waals surface area contributed by atoms with Gasteiger partial charge in [-0.25, -0.2) is 13.4 Å². The van der Waals surface area contributed by atoms with Gasteiger partial charge in [0.1, 0.15) is 5.82 Å². The van der Waals surface area contributed by atoms with Crippen LogP contribution < -0.4 is 4.90 Å². The fourth-order valence-corrected chi connectivity index (χ4v) is 5.68. The number of anilines is 1. The Kier molecular flexibility index (Phi) is 5.19. The Bertz CT molecular complexity index is 886. The maximum Gasteiger partial charge on any atom is 0.181 e. The number of nitrogens with zero attached hydrogens (tertiary/aromatic N) is 2. The highest BCUT2D eigenvalue weighted by Gasteiger charge is 2.29. The van der Waals surface area contributed by atoms with Gasteiger partial charge in [-0.15, -0.1) is 0 Å². The van der Waals surface area contributed by atoms with E-state index in [1.54, 1.807) is 18.3 Å². The Balaban J connectivity index is 1.55. The average molecular weight is 387 g/mol. The van der Waals surface area contributed by atoms with Gasteiger partial charge < -0.3 is 9.64 Å². The summed E-state index contributed by atoms with van der Waals surface area (Å²) in [4.78, 5) is 7.03. The van der Waals surface area contributed by atoms with Crippen molar-refractivity contribution in [2.24, 2.45) is 0 Å². The fraction of sp³-hybridized carbons (Fsp3) is 0.476. The molecule has 1 saturated carbocycles. The van der Waals surface area contributed by atoms with Crippen LogP contribution in [-0.2, 0) is 14.6 Å². The van der Waals surface area contributed by atoms with Crippen molar-refractivity contribution in [3.63, 3.8) is 0 Å². The molecule has 144 valence electrons. The second kappa shape index (κ2) is 7.60. The van der Waals surface area contributed by atoms with E-state index in [0.717, 1.165) is 62.3 Å². The van der Waals surface area contributed by atoms with Crippen LogP contribution in [0.1, 0.15) is 32.1 Å². The molecule has 27 heavy (non-hydrogen) atoms. The average Bonchev–Trinajstić information content (AvgIpc) is 2.67. The first kappa shape index (κ1) is 18.4. The number of rotatable bonds is 5. The third kappa shape index (κ3) is 3.73. The van der Waals surface area contributed by atoms with Crippen molar-refractivity contribution < 1.29 is 13.2 Å². The van der Waals surface area contributed by atoms with E-state index in [1.807, 2.05) is 31.3 Å². The minimum atomic E-state index is -3.22. The largest absolute Gasteiger partial charge is 0.377 e. The molecule has 0 amide bonds. The molecule has 0 atom stereocenters. The third-order valence-corrected chi connectivity index (χ3v) is 8.06. The van der Waals surface area contributed by atoms with E-state index >= 15 is 0 Å². The van der Waals surface area contributed by atoms with E-state index in [2.05, 4.69) is 9.88 Å². The molecule has 0 unspecified atom stereocenters. The van der Waals surface area contributed by atoms with Gasteiger partial charge in [0.05, 0.1) is 29.4 Å². The Labute approximate surface area is 161 Å². The molecular formula is C21H26N2O3S. The van der Waals surface area contributed by atoms with E-state index in [-0.39, 0.29) is 5.25 Å². The van der Waals surface area contributed by atoms with Gasteiger partial charge in [-0.2, -0.15) is 0 Å². The molecule has 0 radical (unpaired) electrons. The molecule has 0 bridgehead atoms. The second-order valence-corrected chi connectivity index (χ2v) is 9.76. The number of hydrogen-bond acceptors (Lipinski definition) is 5. The summed E-state index contributed by atoms with van der Waals surface area (Å²) in [5.74, 6) is 0.903. The molecule has 1 aromatic carbocycles. The van der Waals surface area contributed by atoms with Crippen LogP contribution in [0.25, 0.3) is 11.1 Å². The van der Waals surface area contributed by atoms with Crippen LogP contribution in [0.3, 0.4) is 0 Å². The standard InChI is InChI=1S/C21H26N2O3S/c1-23(18-14-26-15-18)21-13-17(11-12-22-21)16-7-9-20(10-8-16)27(24,25)19-5-3-2-4-6-19/h7-13,18-19H,2-6,14-15H2,1H3. The molecule has 6 heteroatoms. The minimum absolute atomic E-state index is 0.219. The first-order valence-corrected chi connectivity index (χ1v) is 11.2. The van der Waals surface area contributed by atoms with Crippen molar-refractivity contribution in [2.45, 2.75) is 48.3 Å². The fourth-order valence-electron chi connectivity index (χ4n) is 3.83. The summed E-state index contributed by atoms with van der Waals surface area (Å²) in [5, 5.41) is -0.219. The van der Waals surface area contributed by atoms with Crippen LogP contribution in [0.5, 0.6) is 0 Å². The maximum absolute atomic E-state index is 12.9. The van der Waals surface area contributed by atoms with Crippen LogP contribution in [0.2, 0.25) is 0 Å². The summed E-state index contributed by atoms with van der Waals surface area (Å²) in [6, 6.07) is 11.7. The minimum Gasteiger partial charge on any atom is -0.377 e. The predicted octanol–water partition coefficient (Wildman–Crippen LogP) is 3.69. The van der Waals surface area contributed by atoms with Gasteiger partial charge in [-0.3, -0.25) is 0 Å². The van der Waals surface area contributed by atoms with Crippen LogP contribution in [0.4, 0.5) is 5.82 Å². The zero-order valence-electron chi connectivity index (χ0n) is 15.7. The zero-order chi connectivity index (χ0) is 18.9. The summed E-state index contributed by atoms with van der Waals surface area (Å²) >= 11 is 0. The van der Waals surface area contributed by atoms with Crippen molar-refractivity contribution in [1.29, 1.82) is 0 Å². The lowest BCUT2D eigenvalue weighted by Crippen LogP contribution is -2.47. The summed E-state index contributed by atoms with van der Waals surface area (Å²) in [6.07, 6.45) is 6.55. The number of ether oxygens (including phenoxy) is 1. The Hall–Kier alpha value is -1.92. The smallest absolute Gasteiger partial charge is 0.181 e. The van der Waals surface area contributed by atoms with Gasteiger partial charge in [0, 0.05) is 13.2 Å². The Morgan fingerprint density at radius 2 is 1.70 bits per heavy atom. The lowest BCUT2D eigenvalue weighted by atomic mass is 10.0. The number of sulfone groups is 1. The Morgan fingerprint density at radius 3 is 2.33 bits per heavy atom. The molecule has 0 N–H and O–H groups in total. The summed E-state index contributed by atoms with van der Waals surface area (Å²) in [5.41, 5.74) is 2.04. The van der Waals surface area contributed by atoms with Crippen LogP contribution in [0, 0.1) is 0 Å². The molecule has 1 saturated heterocycles. The zero-order valence-corrected chi connectivity index (χ0v) is 16.5. The quantitative estimate of drug-likeness (QED) is 0.784. The lowest BCUT2D eigenvalue weighted by Gasteiger charge is -2.35. The van der Waals surface area contributed by atoms with Crippen molar-refractivity contribution >= 4 is 15.7 Å². The van der Waals surface area contributed by atoms with Crippen molar-refractivity contribution in [3.8, 4) is 11.1 Å². The number of likely N-dealkylation sites (N-methyl/N-ethyl adjacent to an activating group) is 1. The Morgan fingerprint density at radius 1 is 1.00 bits per heavy atom. The van der Waals surface area contributed by atoms with Gasteiger partial charge in [-0.05, 0) is 48.2 Å². The van der Waals surface area contributed by atoms with Gasteiger partial charge >= 0.3 is 0 Å². The van der Waals surface area contributed by atoms with Crippen LogP contribution >= 0.6 is 0 Å². The van der Waals surface area contributed by atoms with Gasteiger partial charge in [0.2, 0.25) is 0 Å². The molecule has 1 aromatic heterocycles. The first-order valence-electron chi connectivity index (χ1n) is 9.67. The molecule has 2 aromatic rings. The summed E-state index contributed by atoms with van der Waals surface area (Å²) < 4.78 is 31.0. The summed E-state index contributed by atoms with van der Waals surface area (Å²) in [6.45, 7) is 1.46. The molecule has 5 nitrogen and oxygen atoms in total. The molecule has 4 rings (SSSR count). The second-order valence-electron chi connectivity index (χ2n) is 7.53. The highest BCUT2D eigenvalue weighted by atomic mass is 32.2. The van der Waals surface area contributed by atoms with Gasteiger partial charge in [0.15, 0.2) is 9.84 Å². The number of pyridine rings is 1. The van der Waals surface area contributed by atoms with Crippen LogP contribution in [-0.4, -0.2) is 45.0 Å². The van der Waals surface area contributed by atoms with Crippen molar-refractivity contribution in [2.75, 3.05) is 25.2 Å². The lowest BCUT2D eigenvalue weighted by molar-refractivity contribution is 0.00989. The molecule has 2 aliphatic rings. The van der Waals surface area contributed by atoms with Gasteiger partial charge in [-0.1, -0.05) is 31.4 Å². The van der Waals surface area contributed by atoms with E-state index in [9.17, 15) is 8.42 Å². The number of aromatic nitrogens is 1. The molecular weight excluding hydrogens is 360 g/mol. The van der Waals surface area contributed by atoms with Crippen LogP contribution in [0.15, 0.2) is 47.5 Å². The first-order chi connectivity index (χ1) is 13.1. The predicted molar refractivity (Wildman–Crippen MR) is 107 cm³/mol. The molecule has 2 heterocycles. The number of hydrogen-bond donors (Lipinski definition) is 0. The molecule has 2 fully saturated rings. The maximum atomic E-state index is 12.9. The molecule has 1 aliphatic heterocycles. The molecule has 1 aliphatic carbocycles. The van der Waals surface area contributed by atoms with E-state index < -0.39 is 9.84 Å². The highest BCUT2D eigenvalue weighted by Crippen LogP contribution is 2.30. The van der Waals surface area contributed by atoms with Crippen molar-refractivity contribution in [1.82, 2.24) is 4.98 Å². The van der Waals surface area contributed by atoms with E-state index in [1.165, 1.54) is 0 Å².